The first-order valence-corrected chi connectivity index (χ1v) is 8.64. The number of rotatable bonds is 8. The maximum atomic E-state index is 12.2. The number of carbonyl (C=O) groups is 1. The Balaban J connectivity index is 1.68. The van der Waals surface area contributed by atoms with Crippen LogP contribution in [0.2, 0.25) is 0 Å². The number of hydrogen-bond donors (Lipinski definition) is 1. The van der Waals surface area contributed by atoms with Gasteiger partial charge in [0.1, 0.15) is 5.75 Å². The van der Waals surface area contributed by atoms with Crippen molar-refractivity contribution in [2.24, 2.45) is 0 Å². The number of carbonyl (C=O) groups excluding carboxylic acids is 1. The second kappa shape index (κ2) is 9.08. The normalized spacial score (nSPS) is 15.6. The van der Waals surface area contributed by atoms with Crippen molar-refractivity contribution >= 4 is 5.91 Å². The lowest BCUT2D eigenvalue weighted by Gasteiger charge is -2.18. The van der Waals surface area contributed by atoms with Gasteiger partial charge in [0.2, 0.25) is 0 Å². The van der Waals surface area contributed by atoms with E-state index in [1.54, 1.807) is 24.3 Å². The van der Waals surface area contributed by atoms with E-state index in [4.69, 9.17) is 4.74 Å². The zero-order valence-electron chi connectivity index (χ0n) is 14.4. The Morgan fingerprint density at radius 2 is 1.88 bits per heavy atom. The van der Waals surface area contributed by atoms with Crippen molar-refractivity contribution in [1.29, 1.82) is 0 Å². The molecule has 7 heteroatoms. The van der Waals surface area contributed by atoms with E-state index in [1.807, 2.05) is 0 Å². The summed E-state index contributed by atoms with van der Waals surface area (Å²) in [5, 5.41) is 2.72. The molecule has 0 spiro atoms. The highest BCUT2D eigenvalue weighted by molar-refractivity contribution is 5.94. The van der Waals surface area contributed by atoms with E-state index < -0.39 is 12.7 Å². The molecule has 1 amide bonds. The summed E-state index contributed by atoms with van der Waals surface area (Å²) >= 11 is 0. The van der Waals surface area contributed by atoms with Gasteiger partial charge in [0.05, 0.1) is 12.6 Å². The molecule has 4 nitrogen and oxygen atoms in total. The Kier molecular flexibility index (Phi) is 7.11. The number of halogens is 3. The lowest BCUT2D eigenvalue weighted by molar-refractivity contribution is -0.143. The minimum absolute atomic E-state index is 0.231. The van der Waals surface area contributed by atoms with Crippen LogP contribution >= 0.6 is 0 Å². The smallest absolute Gasteiger partial charge is 0.401 e. The lowest BCUT2D eigenvalue weighted by atomic mass is 10.2. The van der Waals surface area contributed by atoms with Crippen LogP contribution in [0.5, 0.6) is 5.75 Å². The van der Waals surface area contributed by atoms with Gasteiger partial charge in [0.25, 0.3) is 5.91 Å². The molecule has 1 aliphatic rings. The van der Waals surface area contributed by atoms with Crippen molar-refractivity contribution in [2.75, 3.05) is 26.7 Å². The Hall–Kier alpha value is -1.76. The summed E-state index contributed by atoms with van der Waals surface area (Å²) in [5.74, 6) is 0.531. The SMILES string of the molecule is CN(CCCNC(=O)c1ccc(OC2CCCC2)cc1)CC(F)(F)F. The first kappa shape index (κ1) is 19.6. The van der Waals surface area contributed by atoms with Gasteiger partial charge in [-0.05, 0) is 70.0 Å². The molecule has 1 aromatic carbocycles. The number of alkyl halides is 3. The molecule has 1 N–H and O–H groups in total. The summed E-state index contributed by atoms with van der Waals surface area (Å²) in [5.41, 5.74) is 0.516. The zero-order valence-corrected chi connectivity index (χ0v) is 14.4. The Bertz CT molecular complexity index is 540. The number of benzene rings is 1. The Morgan fingerprint density at radius 1 is 1.24 bits per heavy atom. The third kappa shape index (κ3) is 7.34. The molecule has 0 radical (unpaired) electrons. The molecule has 1 aromatic rings. The molecular formula is C18H25F3N2O2. The van der Waals surface area contributed by atoms with E-state index in [9.17, 15) is 18.0 Å². The van der Waals surface area contributed by atoms with E-state index in [0.717, 1.165) is 18.6 Å². The van der Waals surface area contributed by atoms with Crippen molar-refractivity contribution in [1.82, 2.24) is 10.2 Å². The number of hydrogen-bond acceptors (Lipinski definition) is 3. The molecule has 1 aliphatic carbocycles. The van der Waals surface area contributed by atoms with Gasteiger partial charge in [-0.2, -0.15) is 13.2 Å². The third-order valence-electron chi connectivity index (χ3n) is 4.17. The van der Waals surface area contributed by atoms with Crippen molar-refractivity contribution in [3.05, 3.63) is 29.8 Å². The lowest BCUT2D eigenvalue weighted by Crippen LogP contribution is -2.33. The fourth-order valence-electron chi connectivity index (χ4n) is 2.92. The topological polar surface area (TPSA) is 41.6 Å². The molecule has 1 fully saturated rings. The highest BCUT2D eigenvalue weighted by atomic mass is 19.4. The van der Waals surface area contributed by atoms with E-state index in [1.165, 1.54) is 24.8 Å². The van der Waals surface area contributed by atoms with Gasteiger partial charge in [-0.25, -0.2) is 0 Å². The van der Waals surface area contributed by atoms with Crippen LogP contribution in [0.1, 0.15) is 42.5 Å². The van der Waals surface area contributed by atoms with Gasteiger partial charge in [0.15, 0.2) is 0 Å². The van der Waals surface area contributed by atoms with Gasteiger partial charge in [-0.15, -0.1) is 0 Å². The molecule has 2 rings (SSSR count). The minimum Gasteiger partial charge on any atom is -0.490 e. The fraction of sp³-hybridized carbons (Fsp3) is 0.611. The summed E-state index contributed by atoms with van der Waals surface area (Å²) in [4.78, 5) is 13.2. The van der Waals surface area contributed by atoms with Crippen LogP contribution in [-0.4, -0.2) is 49.8 Å². The number of nitrogens with zero attached hydrogens (tertiary/aromatic N) is 1. The van der Waals surface area contributed by atoms with Gasteiger partial charge < -0.3 is 10.1 Å². The third-order valence-corrected chi connectivity index (χ3v) is 4.17. The average Bonchev–Trinajstić information content (AvgIpc) is 3.03. The largest absolute Gasteiger partial charge is 0.490 e. The van der Waals surface area contributed by atoms with Crippen molar-refractivity contribution < 1.29 is 22.7 Å². The van der Waals surface area contributed by atoms with E-state index in [2.05, 4.69) is 5.32 Å². The Labute approximate surface area is 146 Å². The van der Waals surface area contributed by atoms with Crippen molar-refractivity contribution in [3.8, 4) is 5.75 Å². The Morgan fingerprint density at radius 3 is 2.48 bits per heavy atom. The van der Waals surface area contributed by atoms with E-state index in [-0.39, 0.29) is 18.6 Å². The van der Waals surface area contributed by atoms with Crippen LogP contribution < -0.4 is 10.1 Å². The van der Waals surface area contributed by atoms with Crippen LogP contribution in [0.4, 0.5) is 13.2 Å². The summed E-state index contributed by atoms with van der Waals surface area (Å²) in [6.07, 6.45) is 1.08. The maximum Gasteiger partial charge on any atom is 0.401 e. The van der Waals surface area contributed by atoms with Gasteiger partial charge >= 0.3 is 6.18 Å². The van der Waals surface area contributed by atoms with Gasteiger partial charge in [-0.1, -0.05) is 0 Å². The second-order valence-electron chi connectivity index (χ2n) is 6.51. The van der Waals surface area contributed by atoms with Crippen molar-refractivity contribution in [3.63, 3.8) is 0 Å². The predicted octanol–water partition coefficient (Wildman–Crippen LogP) is 3.62. The standard InChI is InChI=1S/C18H25F3N2O2/c1-23(13-18(19,20)21)12-4-11-22-17(24)14-7-9-16(10-8-14)25-15-5-2-3-6-15/h7-10,15H,2-6,11-13H2,1H3,(H,22,24). The molecule has 0 aliphatic heterocycles. The summed E-state index contributed by atoms with van der Waals surface area (Å²) in [6, 6.07) is 6.97. The summed E-state index contributed by atoms with van der Waals surface area (Å²) in [7, 11) is 1.42. The molecule has 140 valence electrons. The van der Waals surface area contributed by atoms with Crippen LogP contribution in [-0.2, 0) is 0 Å². The molecule has 0 unspecified atom stereocenters. The summed E-state index contributed by atoms with van der Waals surface area (Å²) < 4.78 is 42.5. The quantitative estimate of drug-likeness (QED) is 0.722. The molecule has 25 heavy (non-hydrogen) atoms. The van der Waals surface area contributed by atoms with Gasteiger partial charge in [-0.3, -0.25) is 9.69 Å². The first-order chi connectivity index (χ1) is 11.8. The second-order valence-corrected chi connectivity index (χ2v) is 6.51. The number of amides is 1. The molecule has 0 atom stereocenters. The number of nitrogens with one attached hydrogen (secondary N) is 1. The van der Waals surface area contributed by atoms with E-state index >= 15 is 0 Å². The first-order valence-electron chi connectivity index (χ1n) is 8.64. The predicted molar refractivity (Wildman–Crippen MR) is 89.8 cm³/mol. The monoisotopic (exact) mass is 358 g/mol. The molecule has 0 bridgehead atoms. The summed E-state index contributed by atoms with van der Waals surface area (Å²) in [6.45, 7) is -0.335. The molecule has 0 heterocycles. The highest BCUT2D eigenvalue weighted by Gasteiger charge is 2.28. The average molecular weight is 358 g/mol. The molecule has 1 saturated carbocycles. The van der Waals surface area contributed by atoms with Crippen LogP contribution in [0, 0.1) is 0 Å². The highest BCUT2D eigenvalue weighted by Crippen LogP contribution is 2.24. The van der Waals surface area contributed by atoms with Gasteiger partial charge in [0, 0.05) is 12.1 Å². The molecule has 0 saturated heterocycles. The van der Waals surface area contributed by atoms with Crippen LogP contribution in [0.25, 0.3) is 0 Å². The van der Waals surface area contributed by atoms with Crippen LogP contribution in [0.15, 0.2) is 24.3 Å². The fourth-order valence-corrected chi connectivity index (χ4v) is 2.92. The number of ether oxygens (including phenoxy) is 1. The van der Waals surface area contributed by atoms with Crippen LogP contribution in [0.3, 0.4) is 0 Å². The minimum atomic E-state index is -4.19. The zero-order chi connectivity index (χ0) is 18.3. The molecular weight excluding hydrogens is 333 g/mol. The van der Waals surface area contributed by atoms with E-state index in [0.29, 0.717) is 18.5 Å². The maximum absolute atomic E-state index is 12.2. The molecule has 0 aromatic heterocycles. The van der Waals surface area contributed by atoms with Crippen molar-refractivity contribution in [2.45, 2.75) is 44.4 Å².